The fourth-order valence-electron chi connectivity index (χ4n) is 4.83. The van der Waals surface area contributed by atoms with Crippen LogP contribution in [0, 0.1) is 12.7 Å². The molecule has 7 heteroatoms. The number of nitrogens with zero attached hydrogens (tertiary/aromatic N) is 3. The van der Waals surface area contributed by atoms with Crippen molar-refractivity contribution < 1.29 is 9.18 Å². The van der Waals surface area contributed by atoms with Crippen molar-refractivity contribution in [3.8, 4) is 0 Å². The molecule has 3 heterocycles. The zero-order valence-electron chi connectivity index (χ0n) is 20.9. The highest BCUT2D eigenvalue weighted by Gasteiger charge is 2.33. The van der Waals surface area contributed by atoms with Gasteiger partial charge < -0.3 is 4.57 Å². The summed E-state index contributed by atoms with van der Waals surface area (Å²) in [6.45, 7) is 2.70. The Hall–Kier alpha value is -3.68. The van der Waals surface area contributed by atoms with Crippen molar-refractivity contribution in [1.82, 2.24) is 9.58 Å². The smallest absolute Gasteiger partial charge is 0.253 e. The summed E-state index contributed by atoms with van der Waals surface area (Å²) >= 11 is 3.19. The minimum atomic E-state index is -0.239. The van der Waals surface area contributed by atoms with Gasteiger partial charge >= 0.3 is 0 Å². The third kappa shape index (κ3) is 5.04. The summed E-state index contributed by atoms with van der Waals surface area (Å²) in [7, 11) is 0. The van der Waals surface area contributed by atoms with Gasteiger partial charge in [0.25, 0.3) is 5.91 Å². The van der Waals surface area contributed by atoms with E-state index in [-0.39, 0.29) is 23.5 Å². The maximum atomic E-state index is 13.6. The number of aryl methyl sites for hydroxylation is 1. The molecular weight excluding hydrogens is 513 g/mol. The van der Waals surface area contributed by atoms with Crippen molar-refractivity contribution in [1.29, 1.82) is 0 Å². The van der Waals surface area contributed by atoms with Crippen LogP contribution in [-0.2, 0) is 11.3 Å². The van der Waals surface area contributed by atoms with E-state index in [0.717, 1.165) is 37.5 Å². The SMILES string of the molecule is Cc1ccc(C2CC(c3cccs3)=NN2C(=O)CSc2cn(Cc3ccc(F)cc3)c3ccccc23)cc1. The lowest BCUT2D eigenvalue weighted by Gasteiger charge is -2.22. The number of fused-ring (bicyclic) bond motifs is 1. The molecule has 1 aliphatic rings. The topological polar surface area (TPSA) is 37.6 Å². The average molecular weight is 540 g/mol. The Balaban J connectivity index is 1.24. The molecule has 0 spiro atoms. The first-order valence-corrected chi connectivity index (χ1v) is 14.4. The van der Waals surface area contributed by atoms with E-state index in [1.807, 2.05) is 35.7 Å². The minimum absolute atomic E-state index is 0.0116. The second-order valence-corrected chi connectivity index (χ2v) is 11.4. The first-order valence-electron chi connectivity index (χ1n) is 12.5. The number of halogens is 1. The molecule has 3 aromatic carbocycles. The third-order valence-electron chi connectivity index (χ3n) is 6.80. The van der Waals surface area contributed by atoms with Gasteiger partial charge in [-0.15, -0.1) is 23.1 Å². The van der Waals surface area contributed by atoms with Gasteiger partial charge in [-0.2, -0.15) is 5.10 Å². The van der Waals surface area contributed by atoms with Crippen molar-refractivity contribution in [3.63, 3.8) is 0 Å². The summed E-state index contributed by atoms with van der Waals surface area (Å²) in [5.74, 6) is 0.0350. The molecular formula is C31H26FN3OS2. The molecule has 0 N–H and O–H groups in total. The Morgan fingerprint density at radius 3 is 2.58 bits per heavy atom. The molecule has 190 valence electrons. The van der Waals surface area contributed by atoms with Crippen LogP contribution >= 0.6 is 23.1 Å². The average Bonchev–Trinajstić information content (AvgIpc) is 3.69. The highest BCUT2D eigenvalue weighted by atomic mass is 32.2. The van der Waals surface area contributed by atoms with Crippen LogP contribution in [0.1, 0.15) is 34.0 Å². The van der Waals surface area contributed by atoms with Gasteiger partial charge in [-0.05, 0) is 47.7 Å². The van der Waals surface area contributed by atoms with Crippen LogP contribution in [-0.4, -0.2) is 26.9 Å². The number of hydrogen-bond acceptors (Lipinski definition) is 4. The van der Waals surface area contributed by atoms with Gasteiger partial charge in [-0.3, -0.25) is 4.79 Å². The van der Waals surface area contributed by atoms with Crippen molar-refractivity contribution >= 4 is 45.6 Å². The number of carbonyl (C=O) groups is 1. The van der Waals surface area contributed by atoms with Crippen LogP contribution in [0.3, 0.4) is 0 Å². The number of benzene rings is 3. The maximum absolute atomic E-state index is 13.6. The molecule has 2 aromatic heterocycles. The number of para-hydroxylation sites is 1. The summed E-state index contributed by atoms with van der Waals surface area (Å²) in [5, 5.41) is 9.65. The van der Waals surface area contributed by atoms with Gasteiger partial charge in [-0.1, -0.05) is 66.2 Å². The molecule has 6 rings (SSSR count). The Kier molecular flexibility index (Phi) is 6.87. The first kappa shape index (κ1) is 24.6. The van der Waals surface area contributed by atoms with Gasteiger partial charge in [-0.25, -0.2) is 9.40 Å². The van der Waals surface area contributed by atoms with E-state index in [1.54, 1.807) is 16.3 Å². The van der Waals surface area contributed by atoms with E-state index in [2.05, 4.69) is 60.2 Å². The molecule has 1 atom stereocenters. The van der Waals surface area contributed by atoms with E-state index >= 15 is 0 Å². The van der Waals surface area contributed by atoms with Crippen molar-refractivity contribution in [3.05, 3.63) is 124 Å². The molecule has 0 fully saturated rings. The van der Waals surface area contributed by atoms with Crippen LogP contribution < -0.4 is 0 Å². The predicted molar refractivity (Wildman–Crippen MR) is 154 cm³/mol. The van der Waals surface area contributed by atoms with Crippen molar-refractivity contribution in [2.45, 2.75) is 30.8 Å². The Morgan fingerprint density at radius 1 is 1.03 bits per heavy atom. The standard InChI is InChI=1S/C31H26FN3OS2/c1-21-8-12-23(13-9-21)28-17-26(29-7-4-16-37-29)33-35(28)31(36)20-38-30-19-34(27-6-3-2-5-25(27)30)18-22-10-14-24(32)15-11-22/h2-16,19,28H,17-18,20H2,1H3. The largest absolute Gasteiger partial charge is 0.342 e. The summed E-state index contributed by atoms with van der Waals surface area (Å²) in [6.07, 6.45) is 2.80. The van der Waals surface area contributed by atoms with Crippen LogP contribution in [0.2, 0.25) is 0 Å². The molecule has 38 heavy (non-hydrogen) atoms. The van der Waals surface area contributed by atoms with Crippen LogP contribution in [0.4, 0.5) is 4.39 Å². The van der Waals surface area contributed by atoms with Gasteiger partial charge in [0.1, 0.15) is 5.82 Å². The number of carbonyl (C=O) groups excluding carboxylic acids is 1. The fraction of sp³-hybridized carbons (Fsp3) is 0.161. The Bertz CT molecular complexity index is 1610. The zero-order chi connectivity index (χ0) is 26.1. The second-order valence-electron chi connectivity index (χ2n) is 9.45. The lowest BCUT2D eigenvalue weighted by Crippen LogP contribution is -2.28. The normalized spacial score (nSPS) is 15.3. The molecule has 0 bridgehead atoms. The molecule has 0 saturated carbocycles. The predicted octanol–water partition coefficient (Wildman–Crippen LogP) is 7.67. The number of amides is 1. The summed E-state index contributed by atoms with van der Waals surface area (Å²) in [6, 6.07) is 27.1. The number of aromatic nitrogens is 1. The molecule has 1 unspecified atom stereocenters. The summed E-state index contributed by atoms with van der Waals surface area (Å²) in [4.78, 5) is 15.8. The van der Waals surface area contributed by atoms with Crippen LogP contribution in [0.15, 0.2) is 107 Å². The molecule has 4 nitrogen and oxygen atoms in total. The van der Waals surface area contributed by atoms with Gasteiger partial charge in [0.05, 0.1) is 22.4 Å². The van der Waals surface area contributed by atoms with Crippen molar-refractivity contribution in [2.24, 2.45) is 5.10 Å². The monoisotopic (exact) mass is 539 g/mol. The molecule has 5 aromatic rings. The second kappa shape index (κ2) is 10.6. The molecule has 1 amide bonds. The molecule has 0 radical (unpaired) electrons. The maximum Gasteiger partial charge on any atom is 0.253 e. The number of hydrazone groups is 1. The highest BCUT2D eigenvalue weighted by molar-refractivity contribution is 8.00. The number of hydrogen-bond donors (Lipinski definition) is 0. The van der Waals surface area contributed by atoms with E-state index < -0.39 is 0 Å². The quantitative estimate of drug-likeness (QED) is 0.199. The number of thioether (sulfide) groups is 1. The minimum Gasteiger partial charge on any atom is -0.342 e. The zero-order valence-corrected chi connectivity index (χ0v) is 22.5. The summed E-state index contributed by atoms with van der Waals surface area (Å²) < 4.78 is 15.5. The van der Waals surface area contributed by atoms with E-state index in [4.69, 9.17) is 5.10 Å². The molecule has 0 aliphatic carbocycles. The lowest BCUT2D eigenvalue weighted by atomic mass is 10.00. The Labute approximate surface area is 229 Å². The highest BCUT2D eigenvalue weighted by Crippen LogP contribution is 2.36. The van der Waals surface area contributed by atoms with Crippen molar-refractivity contribution in [2.75, 3.05) is 5.75 Å². The van der Waals surface area contributed by atoms with Gasteiger partial charge in [0.15, 0.2) is 0 Å². The molecule has 0 saturated heterocycles. The van der Waals surface area contributed by atoms with Crippen LogP contribution in [0.5, 0.6) is 0 Å². The fourth-order valence-corrected chi connectivity index (χ4v) is 6.49. The van der Waals surface area contributed by atoms with E-state index in [1.165, 1.54) is 29.5 Å². The number of thiophene rings is 1. The molecule has 1 aliphatic heterocycles. The number of rotatable bonds is 7. The summed E-state index contributed by atoms with van der Waals surface area (Å²) in [5.41, 5.74) is 5.35. The van der Waals surface area contributed by atoms with Crippen LogP contribution in [0.25, 0.3) is 10.9 Å². The van der Waals surface area contributed by atoms with Gasteiger partial charge in [0, 0.05) is 35.0 Å². The van der Waals surface area contributed by atoms with E-state index in [9.17, 15) is 9.18 Å². The Morgan fingerprint density at radius 2 is 1.82 bits per heavy atom. The first-order chi connectivity index (χ1) is 18.5. The van der Waals surface area contributed by atoms with Gasteiger partial charge in [0.2, 0.25) is 0 Å². The lowest BCUT2D eigenvalue weighted by molar-refractivity contribution is -0.130. The third-order valence-corrected chi connectivity index (χ3v) is 8.75. The van der Waals surface area contributed by atoms with E-state index in [0.29, 0.717) is 13.0 Å².